The minimum atomic E-state index is -0.440. The molecule has 0 atom stereocenters. The van der Waals surface area contributed by atoms with Crippen LogP contribution in [0.25, 0.3) is 0 Å². The number of alkyl halides is 1. The average Bonchev–Trinajstić information content (AvgIpc) is 2.18. The van der Waals surface area contributed by atoms with Gasteiger partial charge in [0.25, 0.3) is 0 Å². The third kappa shape index (κ3) is 2.39. The quantitative estimate of drug-likeness (QED) is 0.701. The van der Waals surface area contributed by atoms with Crippen LogP contribution in [0.3, 0.4) is 0 Å². The molecule has 0 radical (unpaired) electrons. The average molecular weight is 201 g/mol. The fraction of sp³-hybridized carbons (Fsp3) is 0.556. The van der Waals surface area contributed by atoms with Gasteiger partial charge in [-0.25, -0.2) is 9.97 Å². The van der Waals surface area contributed by atoms with Crippen molar-refractivity contribution in [3.63, 3.8) is 0 Å². The molecule has 0 bridgehead atoms. The largest absolute Gasteiger partial charge is 0.371 e. The first kappa shape index (κ1) is 10.4. The maximum absolute atomic E-state index is 5.62. The maximum Gasteiger partial charge on any atom is 0.159 e. The van der Waals surface area contributed by atoms with Gasteiger partial charge >= 0.3 is 0 Å². The summed E-state index contributed by atoms with van der Waals surface area (Å²) in [5.41, 5.74) is 0.475. The van der Waals surface area contributed by atoms with E-state index in [0.717, 1.165) is 5.56 Å². The predicted molar refractivity (Wildman–Crippen MR) is 51.6 cm³/mol. The highest BCUT2D eigenvalue weighted by Crippen LogP contribution is 2.19. The van der Waals surface area contributed by atoms with E-state index in [1.165, 1.54) is 0 Å². The third-order valence-corrected chi connectivity index (χ3v) is 2.22. The van der Waals surface area contributed by atoms with Crippen LogP contribution in [-0.2, 0) is 16.2 Å². The molecule has 1 heterocycles. The van der Waals surface area contributed by atoms with Gasteiger partial charge in [0, 0.05) is 25.1 Å². The van der Waals surface area contributed by atoms with Crippen molar-refractivity contribution in [2.24, 2.45) is 0 Å². The first-order chi connectivity index (χ1) is 6.10. The zero-order valence-corrected chi connectivity index (χ0v) is 8.80. The van der Waals surface area contributed by atoms with Crippen molar-refractivity contribution in [2.75, 3.05) is 7.11 Å². The summed E-state index contributed by atoms with van der Waals surface area (Å²) in [7, 11) is 1.64. The van der Waals surface area contributed by atoms with Gasteiger partial charge in [-0.3, -0.25) is 0 Å². The van der Waals surface area contributed by atoms with Crippen molar-refractivity contribution in [1.82, 2.24) is 9.97 Å². The molecule has 4 heteroatoms. The van der Waals surface area contributed by atoms with E-state index in [2.05, 4.69) is 9.97 Å². The minimum Gasteiger partial charge on any atom is -0.371 e. The van der Waals surface area contributed by atoms with Crippen LogP contribution >= 0.6 is 11.6 Å². The zero-order valence-electron chi connectivity index (χ0n) is 8.04. The van der Waals surface area contributed by atoms with E-state index < -0.39 is 5.60 Å². The molecule has 0 fully saturated rings. The molecule has 3 nitrogen and oxygen atoms in total. The minimum absolute atomic E-state index is 0.438. The van der Waals surface area contributed by atoms with E-state index in [-0.39, 0.29) is 0 Å². The Hall–Kier alpha value is -0.670. The van der Waals surface area contributed by atoms with Crippen LogP contribution in [-0.4, -0.2) is 17.1 Å². The van der Waals surface area contributed by atoms with Gasteiger partial charge in [0.2, 0.25) is 0 Å². The Morgan fingerprint density at radius 1 is 1.38 bits per heavy atom. The zero-order chi connectivity index (χ0) is 9.90. The van der Waals surface area contributed by atoms with Gasteiger partial charge in [-0.2, -0.15) is 0 Å². The standard InChI is InChI=1S/C9H13ClN2O/c1-9(2,13-3)8-11-5-7(4-10)6-12-8/h5-6H,4H2,1-3H3. The summed E-state index contributed by atoms with van der Waals surface area (Å²) >= 11 is 5.62. The molecule has 1 rings (SSSR count). The fourth-order valence-corrected chi connectivity index (χ4v) is 0.964. The first-order valence-electron chi connectivity index (χ1n) is 4.02. The van der Waals surface area contributed by atoms with E-state index in [9.17, 15) is 0 Å². The molecule has 0 aliphatic heterocycles. The molecular formula is C9H13ClN2O. The summed E-state index contributed by atoms with van der Waals surface area (Å²) in [6, 6.07) is 0. The normalized spacial score (nSPS) is 11.7. The SMILES string of the molecule is COC(C)(C)c1ncc(CCl)cn1. The Kier molecular flexibility index (Phi) is 3.22. The van der Waals surface area contributed by atoms with Crippen molar-refractivity contribution in [3.8, 4) is 0 Å². The van der Waals surface area contributed by atoms with Crippen LogP contribution in [0, 0.1) is 0 Å². The highest BCUT2D eigenvalue weighted by Gasteiger charge is 2.22. The molecule has 0 N–H and O–H groups in total. The Labute approximate surface area is 83.1 Å². The number of aromatic nitrogens is 2. The molecule has 13 heavy (non-hydrogen) atoms. The molecule has 0 aliphatic rings. The van der Waals surface area contributed by atoms with Gasteiger partial charge in [0.1, 0.15) is 5.60 Å². The molecule has 0 amide bonds. The van der Waals surface area contributed by atoms with Crippen molar-refractivity contribution in [1.29, 1.82) is 0 Å². The van der Waals surface area contributed by atoms with Gasteiger partial charge in [0.15, 0.2) is 5.82 Å². The number of hydrogen-bond acceptors (Lipinski definition) is 3. The van der Waals surface area contributed by atoms with Crippen LogP contribution in [0.2, 0.25) is 0 Å². The Morgan fingerprint density at radius 3 is 2.31 bits per heavy atom. The second-order valence-electron chi connectivity index (χ2n) is 3.26. The molecule has 0 saturated heterocycles. The molecule has 0 aliphatic carbocycles. The lowest BCUT2D eigenvalue weighted by Crippen LogP contribution is -2.22. The molecular weight excluding hydrogens is 188 g/mol. The number of nitrogens with zero attached hydrogens (tertiary/aromatic N) is 2. The molecule has 72 valence electrons. The highest BCUT2D eigenvalue weighted by molar-refractivity contribution is 6.17. The van der Waals surface area contributed by atoms with Crippen molar-refractivity contribution in [3.05, 3.63) is 23.8 Å². The van der Waals surface area contributed by atoms with Gasteiger partial charge in [-0.1, -0.05) is 0 Å². The smallest absolute Gasteiger partial charge is 0.159 e. The summed E-state index contributed by atoms with van der Waals surface area (Å²) < 4.78 is 5.24. The van der Waals surface area contributed by atoms with E-state index in [0.29, 0.717) is 11.7 Å². The molecule has 0 spiro atoms. The van der Waals surface area contributed by atoms with Gasteiger partial charge in [-0.05, 0) is 13.8 Å². The molecule has 0 saturated carbocycles. The summed E-state index contributed by atoms with van der Waals surface area (Å²) in [6.07, 6.45) is 3.44. The fourth-order valence-electron chi connectivity index (χ4n) is 0.826. The second-order valence-corrected chi connectivity index (χ2v) is 3.53. The van der Waals surface area contributed by atoms with E-state index in [1.807, 2.05) is 13.8 Å². The highest BCUT2D eigenvalue weighted by atomic mass is 35.5. The van der Waals surface area contributed by atoms with Crippen molar-refractivity contribution >= 4 is 11.6 Å². The summed E-state index contributed by atoms with van der Waals surface area (Å²) in [5.74, 6) is 1.11. The number of rotatable bonds is 3. The molecule has 1 aromatic rings. The van der Waals surface area contributed by atoms with Gasteiger partial charge < -0.3 is 4.74 Å². The number of halogens is 1. The number of hydrogen-bond donors (Lipinski definition) is 0. The monoisotopic (exact) mass is 200 g/mol. The summed E-state index contributed by atoms with van der Waals surface area (Å²) in [4.78, 5) is 8.34. The predicted octanol–water partition coefficient (Wildman–Crippen LogP) is 2.10. The Morgan fingerprint density at radius 2 is 1.92 bits per heavy atom. The lowest BCUT2D eigenvalue weighted by atomic mass is 10.1. The van der Waals surface area contributed by atoms with Crippen molar-refractivity contribution in [2.45, 2.75) is 25.3 Å². The van der Waals surface area contributed by atoms with Crippen LogP contribution in [0.15, 0.2) is 12.4 Å². The van der Waals surface area contributed by atoms with Crippen LogP contribution < -0.4 is 0 Å². The molecule has 0 aromatic carbocycles. The van der Waals surface area contributed by atoms with E-state index >= 15 is 0 Å². The van der Waals surface area contributed by atoms with Crippen LogP contribution in [0.4, 0.5) is 0 Å². The third-order valence-electron chi connectivity index (χ3n) is 1.91. The molecule has 1 aromatic heterocycles. The lowest BCUT2D eigenvalue weighted by Gasteiger charge is -2.20. The number of methoxy groups -OCH3 is 1. The lowest BCUT2D eigenvalue weighted by molar-refractivity contribution is 0.0114. The van der Waals surface area contributed by atoms with Crippen LogP contribution in [0.1, 0.15) is 25.2 Å². The van der Waals surface area contributed by atoms with Crippen molar-refractivity contribution < 1.29 is 4.74 Å². The van der Waals surface area contributed by atoms with E-state index in [4.69, 9.17) is 16.3 Å². The second kappa shape index (κ2) is 4.03. The van der Waals surface area contributed by atoms with Gasteiger partial charge in [0.05, 0.1) is 5.88 Å². The maximum atomic E-state index is 5.62. The van der Waals surface area contributed by atoms with Gasteiger partial charge in [-0.15, -0.1) is 11.6 Å². The Bertz CT molecular complexity index is 271. The topological polar surface area (TPSA) is 35.0 Å². The Balaban J connectivity index is 2.92. The molecule has 0 unspecified atom stereocenters. The first-order valence-corrected chi connectivity index (χ1v) is 4.56. The summed E-state index contributed by atoms with van der Waals surface area (Å²) in [5, 5.41) is 0. The van der Waals surface area contributed by atoms with E-state index in [1.54, 1.807) is 19.5 Å². The van der Waals surface area contributed by atoms with Crippen LogP contribution in [0.5, 0.6) is 0 Å². The summed E-state index contributed by atoms with van der Waals surface area (Å²) in [6.45, 7) is 3.84. The number of ether oxygens (including phenoxy) is 1.